The zero-order valence-electron chi connectivity index (χ0n) is 16.1. The molecule has 2 aromatic rings. The van der Waals surface area contributed by atoms with Crippen molar-refractivity contribution in [3.8, 4) is 0 Å². The Balaban J connectivity index is 1.55. The number of likely N-dealkylation sites (N-methyl/N-ethyl adjacent to an activating group) is 1. The van der Waals surface area contributed by atoms with Crippen LogP contribution >= 0.6 is 0 Å². The molecule has 1 unspecified atom stereocenters. The molecule has 5 rings (SSSR count). The number of nitrogens with zero attached hydrogens (tertiary/aromatic N) is 6. The highest BCUT2D eigenvalue weighted by molar-refractivity contribution is 5.53. The topological polar surface area (TPSA) is 39.9 Å². The summed E-state index contributed by atoms with van der Waals surface area (Å²) in [7, 11) is 4.44. The fourth-order valence-electron chi connectivity index (χ4n) is 4.46. The SMILES string of the molecule is CN1CCN(c2cc(C3CC3)nc3cc(C4CCCCN4C)nn23)CC1. The highest BCUT2D eigenvalue weighted by Gasteiger charge is 2.29. The number of piperidine rings is 1. The molecule has 1 aliphatic carbocycles. The van der Waals surface area contributed by atoms with E-state index in [1.807, 2.05) is 0 Å². The van der Waals surface area contributed by atoms with E-state index in [-0.39, 0.29) is 0 Å². The molecule has 2 aliphatic heterocycles. The number of likely N-dealkylation sites (tertiary alicyclic amines) is 1. The summed E-state index contributed by atoms with van der Waals surface area (Å²) in [6.07, 6.45) is 6.39. The second-order valence-electron chi connectivity index (χ2n) is 8.44. The van der Waals surface area contributed by atoms with Crippen molar-refractivity contribution >= 4 is 11.5 Å². The van der Waals surface area contributed by atoms with Crippen LogP contribution in [0.5, 0.6) is 0 Å². The first-order valence-electron chi connectivity index (χ1n) is 10.2. The average Bonchev–Trinajstić information content (AvgIpc) is 3.41. The predicted molar refractivity (Wildman–Crippen MR) is 104 cm³/mol. The Labute approximate surface area is 155 Å². The maximum absolute atomic E-state index is 5.06. The van der Waals surface area contributed by atoms with Crippen LogP contribution in [0.15, 0.2) is 12.1 Å². The molecule has 2 aromatic heterocycles. The van der Waals surface area contributed by atoms with Gasteiger partial charge in [0.1, 0.15) is 5.82 Å². The second kappa shape index (κ2) is 6.50. The van der Waals surface area contributed by atoms with Crippen LogP contribution in [0.3, 0.4) is 0 Å². The molecule has 0 radical (unpaired) electrons. The van der Waals surface area contributed by atoms with E-state index in [0.717, 1.165) is 31.8 Å². The summed E-state index contributed by atoms with van der Waals surface area (Å²) in [6, 6.07) is 5.00. The third-order valence-corrected chi connectivity index (χ3v) is 6.38. The Morgan fingerprint density at radius 3 is 2.42 bits per heavy atom. The highest BCUT2D eigenvalue weighted by Crippen LogP contribution is 2.40. The van der Waals surface area contributed by atoms with Crippen LogP contribution in [-0.2, 0) is 0 Å². The van der Waals surface area contributed by atoms with Gasteiger partial charge in [0, 0.05) is 49.9 Å². The molecule has 26 heavy (non-hydrogen) atoms. The first-order chi connectivity index (χ1) is 12.7. The average molecular weight is 355 g/mol. The van der Waals surface area contributed by atoms with Crippen molar-refractivity contribution in [2.45, 2.75) is 44.1 Å². The summed E-state index contributed by atoms with van der Waals surface area (Å²) in [5.74, 6) is 1.91. The monoisotopic (exact) mass is 354 g/mol. The predicted octanol–water partition coefficient (Wildman–Crippen LogP) is 2.52. The van der Waals surface area contributed by atoms with Gasteiger partial charge in [-0.15, -0.1) is 0 Å². The number of fused-ring (bicyclic) bond motifs is 1. The third-order valence-electron chi connectivity index (χ3n) is 6.38. The minimum atomic E-state index is 0.440. The number of rotatable bonds is 3. The maximum Gasteiger partial charge on any atom is 0.157 e. The van der Waals surface area contributed by atoms with E-state index < -0.39 is 0 Å². The fourth-order valence-corrected chi connectivity index (χ4v) is 4.46. The molecule has 3 fully saturated rings. The normalized spacial score (nSPS) is 25.9. The summed E-state index contributed by atoms with van der Waals surface area (Å²) >= 11 is 0. The molecule has 0 N–H and O–H groups in total. The van der Waals surface area contributed by atoms with Crippen LogP contribution in [0.25, 0.3) is 5.65 Å². The van der Waals surface area contributed by atoms with Crippen LogP contribution in [-0.4, -0.2) is 71.2 Å². The minimum absolute atomic E-state index is 0.440. The van der Waals surface area contributed by atoms with Crippen molar-refractivity contribution in [2.75, 3.05) is 51.7 Å². The second-order valence-corrected chi connectivity index (χ2v) is 8.44. The van der Waals surface area contributed by atoms with E-state index in [9.17, 15) is 0 Å². The smallest absolute Gasteiger partial charge is 0.157 e. The minimum Gasteiger partial charge on any atom is -0.354 e. The Hall–Kier alpha value is -1.66. The molecule has 6 nitrogen and oxygen atoms in total. The number of hydrogen-bond donors (Lipinski definition) is 0. The van der Waals surface area contributed by atoms with Crippen molar-refractivity contribution < 1.29 is 0 Å². The van der Waals surface area contributed by atoms with Crippen LogP contribution in [0, 0.1) is 0 Å². The van der Waals surface area contributed by atoms with E-state index >= 15 is 0 Å². The van der Waals surface area contributed by atoms with E-state index in [1.54, 1.807) is 0 Å². The lowest BCUT2D eigenvalue weighted by Crippen LogP contribution is -2.45. The number of hydrogen-bond acceptors (Lipinski definition) is 5. The van der Waals surface area contributed by atoms with Gasteiger partial charge in [-0.05, 0) is 46.3 Å². The third kappa shape index (κ3) is 2.99. The van der Waals surface area contributed by atoms with Crippen LogP contribution in [0.4, 0.5) is 5.82 Å². The first kappa shape index (κ1) is 16.5. The molecule has 0 aromatic carbocycles. The van der Waals surface area contributed by atoms with Gasteiger partial charge in [0.15, 0.2) is 5.65 Å². The van der Waals surface area contributed by atoms with Gasteiger partial charge in [-0.3, -0.25) is 4.90 Å². The van der Waals surface area contributed by atoms with Gasteiger partial charge in [0.05, 0.1) is 11.7 Å². The Kier molecular flexibility index (Phi) is 4.13. The summed E-state index contributed by atoms with van der Waals surface area (Å²) in [6.45, 7) is 5.53. The Morgan fingerprint density at radius 2 is 1.69 bits per heavy atom. The van der Waals surface area contributed by atoms with Crippen molar-refractivity contribution in [1.82, 2.24) is 24.4 Å². The molecular formula is C20H30N6. The quantitative estimate of drug-likeness (QED) is 0.847. The van der Waals surface area contributed by atoms with Crippen LogP contribution in [0.2, 0.25) is 0 Å². The summed E-state index contributed by atoms with van der Waals surface area (Å²) < 4.78 is 2.12. The van der Waals surface area contributed by atoms with Crippen LogP contribution < -0.4 is 4.90 Å². The van der Waals surface area contributed by atoms with E-state index in [0.29, 0.717) is 12.0 Å². The zero-order valence-corrected chi connectivity index (χ0v) is 16.1. The Morgan fingerprint density at radius 1 is 0.885 bits per heavy atom. The molecule has 140 valence electrons. The van der Waals surface area contributed by atoms with Gasteiger partial charge in [0.2, 0.25) is 0 Å². The molecule has 0 bridgehead atoms. The van der Waals surface area contributed by atoms with Crippen molar-refractivity contribution in [2.24, 2.45) is 0 Å². The number of aromatic nitrogens is 3. The van der Waals surface area contributed by atoms with Gasteiger partial charge in [-0.1, -0.05) is 6.42 Å². The number of anilines is 1. The molecule has 1 saturated carbocycles. The first-order valence-corrected chi connectivity index (χ1v) is 10.2. The van der Waals surface area contributed by atoms with E-state index in [1.165, 1.54) is 55.9 Å². The van der Waals surface area contributed by atoms with Gasteiger partial charge < -0.3 is 9.80 Å². The van der Waals surface area contributed by atoms with Gasteiger partial charge in [-0.2, -0.15) is 9.61 Å². The molecule has 1 atom stereocenters. The highest BCUT2D eigenvalue weighted by atomic mass is 15.4. The van der Waals surface area contributed by atoms with Gasteiger partial charge >= 0.3 is 0 Å². The van der Waals surface area contributed by atoms with Crippen molar-refractivity contribution in [1.29, 1.82) is 0 Å². The molecule has 2 saturated heterocycles. The summed E-state index contributed by atoms with van der Waals surface area (Å²) in [5.41, 5.74) is 3.51. The summed E-state index contributed by atoms with van der Waals surface area (Å²) in [4.78, 5) is 12.4. The van der Waals surface area contributed by atoms with E-state index in [2.05, 4.69) is 45.4 Å². The van der Waals surface area contributed by atoms with Crippen molar-refractivity contribution in [3.63, 3.8) is 0 Å². The lowest BCUT2D eigenvalue weighted by Gasteiger charge is -2.34. The maximum atomic E-state index is 5.06. The van der Waals surface area contributed by atoms with Crippen molar-refractivity contribution in [3.05, 3.63) is 23.5 Å². The molecule has 0 spiro atoms. The molecule has 0 amide bonds. The molecular weight excluding hydrogens is 324 g/mol. The zero-order chi connectivity index (χ0) is 17.7. The molecule has 4 heterocycles. The summed E-state index contributed by atoms with van der Waals surface area (Å²) in [5, 5.41) is 5.06. The van der Waals surface area contributed by atoms with E-state index in [4.69, 9.17) is 10.1 Å². The standard InChI is InChI=1S/C20H30N6/c1-23-9-11-25(12-10-23)20-14-16(15-6-7-15)21-19-13-17(22-26(19)20)18-5-3-4-8-24(18)2/h13-15,18H,3-12H2,1-2H3. The largest absolute Gasteiger partial charge is 0.354 e. The lowest BCUT2D eigenvalue weighted by molar-refractivity contribution is 0.183. The van der Waals surface area contributed by atoms with Crippen LogP contribution in [0.1, 0.15) is 55.5 Å². The fraction of sp³-hybridized carbons (Fsp3) is 0.700. The number of piperazine rings is 1. The lowest BCUT2D eigenvalue weighted by atomic mass is 10.0. The molecule has 6 heteroatoms. The van der Waals surface area contributed by atoms with Gasteiger partial charge in [-0.25, -0.2) is 4.98 Å². The molecule has 3 aliphatic rings. The van der Waals surface area contributed by atoms with Gasteiger partial charge in [0.25, 0.3) is 0 Å². The Bertz CT molecular complexity index is 787.